The first kappa shape index (κ1) is 10.3. The standard InChI is InChI=1S/C10H16O3S/c11-10(4-5-14)13-9-6-12-8-3-1-2-7(8)9/h7-9,14H,1-6H2/t7?,8?,9-/m0/s1. The van der Waals surface area contributed by atoms with Gasteiger partial charge in [0.1, 0.15) is 6.10 Å². The van der Waals surface area contributed by atoms with Crippen LogP contribution in [0.1, 0.15) is 25.7 Å². The molecule has 1 heterocycles. The predicted octanol–water partition coefficient (Wildman–Crippen LogP) is 1.42. The molecule has 0 bridgehead atoms. The number of thiol groups is 1. The molecule has 14 heavy (non-hydrogen) atoms. The number of hydrogen-bond acceptors (Lipinski definition) is 4. The van der Waals surface area contributed by atoms with Crippen molar-refractivity contribution < 1.29 is 14.3 Å². The van der Waals surface area contributed by atoms with Crippen molar-refractivity contribution in [1.29, 1.82) is 0 Å². The third kappa shape index (κ3) is 2.06. The fraction of sp³-hybridized carbons (Fsp3) is 0.900. The van der Waals surface area contributed by atoms with Gasteiger partial charge in [0, 0.05) is 11.7 Å². The molecule has 0 N–H and O–H groups in total. The first-order valence-electron chi connectivity index (χ1n) is 5.23. The van der Waals surface area contributed by atoms with E-state index in [1.54, 1.807) is 0 Å². The molecule has 1 aliphatic heterocycles. The summed E-state index contributed by atoms with van der Waals surface area (Å²) in [5, 5.41) is 0. The largest absolute Gasteiger partial charge is 0.459 e. The van der Waals surface area contributed by atoms with E-state index in [9.17, 15) is 4.79 Å². The smallest absolute Gasteiger partial charge is 0.306 e. The summed E-state index contributed by atoms with van der Waals surface area (Å²) in [5.41, 5.74) is 0. The summed E-state index contributed by atoms with van der Waals surface area (Å²) in [4.78, 5) is 11.3. The van der Waals surface area contributed by atoms with Gasteiger partial charge in [0.25, 0.3) is 0 Å². The normalized spacial score (nSPS) is 35.6. The Bertz CT molecular complexity index is 219. The second-order valence-electron chi connectivity index (χ2n) is 3.97. The maximum atomic E-state index is 11.3. The minimum absolute atomic E-state index is 0.00915. The molecule has 0 aromatic heterocycles. The zero-order valence-electron chi connectivity index (χ0n) is 8.15. The molecule has 1 aliphatic carbocycles. The molecule has 2 fully saturated rings. The van der Waals surface area contributed by atoms with E-state index in [0.717, 1.165) is 12.8 Å². The molecule has 0 radical (unpaired) electrons. The van der Waals surface area contributed by atoms with Crippen LogP contribution in [0, 0.1) is 5.92 Å². The fourth-order valence-corrected chi connectivity index (χ4v) is 2.55. The van der Waals surface area contributed by atoms with E-state index in [2.05, 4.69) is 12.6 Å². The summed E-state index contributed by atoms with van der Waals surface area (Å²) in [6.07, 6.45) is 4.24. The van der Waals surface area contributed by atoms with Crippen LogP contribution in [-0.4, -0.2) is 30.5 Å². The Morgan fingerprint density at radius 3 is 3.14 bits per heavy atom. The maximum Gasteiger partial charge on any atom is 0.306 e. The average Bonchev–Trinajstić information content (AvgIpc) is 2.70. The van der Waals surface area contributed by atoms with Crippen LogP contribution in [0.4, 0.5) is 0 Å². The lowest BCUT2D eigenvalue weighted by atomic mass is 10.0. The highest BCUT2D eigenvalue weighted by Gasteiger charge is 2.42. The number of ether oxygens (including phenoxy) is 2. The van der Waals surface area contributed by atoms with Crippen LogP contribution >= 0.6 is 12.6 Å². The van der Waals surface area contributed by atoms with Gasteiger partial charge in [0.15, 0.2) is 0 Å². The molecular weight excluding hydrogens is 200 g/mol. The summed E-state index contributed by atoms with van der Waals surface area (Å²) < 4.78 is 10.9. The second-order valence-corrected chi connectivity index (χ2v) is 4.42. The highest BCUT2D eigenvalue weighted by molar-refractivity contribution is 7.80. The van der Waals surface area contributed by atoms with E-state index >= 15 is 0 Å². The predicted molar refractivity (Wildman–Crippen MR) is 55.4 cm³/mol. The van der Waals surface area contributed by atoms with E-state index in [1.807, 2.05) is 0 Å². The van der Waals surface area contributed by atoms with E-state index in [-0.39, 0.29) is 12.1 Å². The Kier molecular flexibility index (Phi) is 3.34. The molecule has 2 unspecified atom stereocenters. The van der Waals surface area contributed by atoms with Gasteiger partial charge in [-0.05, 0) is 12.8 Å². The van der Waals surface area contributed by atoms with Gasteiger partial charge >= 0.3 is 5.97 Å². The molecule has 0 aromatic carbocycles. The summed E-state index contributed by atoms with van der Waals surface area (Å²) in [7, 11) is 0. The molecule has 1 saturated carbocycles. The molecular formula is C10H16O3S. The molecule has 1 saturated heterocycles. The highest BCUT2D eigenvalue weighted by Crippen LogP contribution is 2.37. The molecule has 2 aliphatic rings. The molecule has 4 heteroatoms. The SMILES string of the molecule is O=C(CCS)O[C@H]1COC2CCCC21. The van der Waals surface area contributed by atoms with Crippen LogP contribution in [0.3, 0.4) is 0 Å². The highest BCUT2D eigenvalue weighted by atomic mass is 32.1. The van der Waals surface area contributed by atoms with Crippen LogP contribution in [0.25, 0.3) is 0 Å². The van der Waals surface area contributed by atoms with Gasteiger partial charge in [-0.3, -0.25) is 4.79 Å². The number of carbonyl (C=O) groups excluding carboxylic acids is 1. The van der Waals surface area contributed by atoms with Gasteiger partial charge in [0.05, 0.1) is 19.1 Å². The van der Waals surface area contributed by atoms with Gasteiger partial charge in [-0.1, -0.05) is 6.42 Å². The van der Waals surface area contributed by atoms with Crippen molar-refractivity contribution in [3.8, 4) is 0 Å². The Balaban J connectivity index is 1.83. The monoisotopic (exact) mass is 216 g/mol. The van der Waals surface area contributed by atoms with Crippen molar-refractivity contribution >= 4 is 18.6 Å². The summed E-state index contributed by atoms with van der Waals surface area (Å²) in [6.45, 7) is 0.591. The van der Waals surface area contributed by atoms with Crippen molar-refractivity contribution in [2.75, 3.05) is 12.4 Å². The lowest BCUT2D eigenvalue weighted by Crippen LogP contribution is -2.26. The van der Waals surface area contributed by atoms with E-state index in [0.29, 0.717) is 30.8 Å². The second kappa shape index (κ2) is 4.53. The first-order valence-corrected chi connectivity index (χ1v) is 5.86. The third-order valence-corrected chi connectivity index (χ3v) is 3.28. The van der Waals surface area contributed by atoms with Gasteiger partial charge < -0.3 is 9.47 Å². The quantitative estimate of drug-likeness (QED) is 0.572. The van der Waals surface area contributed by atoms with E-state index < -0.39 is 0 Å². The molecule has 2 rings (SSSR count). The van der Waals surface area contributed by atoms with Crippen LogP contribution in [0.15, 0.2) is 0 Å². The Morgan fingerprint density at radius 2 is 2.36 bits per heavy atom. The molecule has 0 aromatic rings. The van der Waals surface area contributed by atoms with Crippen LogP contribution in [-0.2, 0) is 14.3 Å². The topological polar surface area (TPSA) is 35.5 Å². The van der Waals surface area contributed by atoms with E-state index in [4.69, 9.17) is 9.47 Å². The maximum absolute atomic E-state index is 11.3. The van der Waals surface area contributed by atoms with Crippen LogP contribution < -0.4 is 0 Å². The lowest BCUT2D eigenvalue weighted by molar-refractivity contribution is -0.150. The van der Waals surface area contributed by atoms with Gasteiger partial charge in [-0.25, -0.2) is 0 Å². The van der Waals surface area contributed by atoms with Crippen molar-refractivity contribution in [2.45, 2.75) is 37.9 Å². The molecule has 3 atom stereocenters. The Morgan fingerprint density at radius 1 is 1.50 bits per heavy atom. The molecule has 3 nitrogen and oxygen atoms in total. The number of hydrogen-bond donors (Lipinski definition) is 1. The lowest BCUT2D eigenvalue weighted by Gasteiger charge is -2.16. The zero-order valence-corrected chi connectivity index (χ0v) is 9.04. The van der Waals surface area contributed by atoms with Crippen molar-refractivity contribution in [2.24, 2.45) is 5.92 Å². The number of carbonyl (C=O) groups is 1. The summed E-state index contributed by atoms with van der Waals surface area (Å²) in [5.74, 6) is 0.876. The Hall–Kier alpha value is -0.220. The molecule has 0 spiro atoms. The fourth-order valence-electron chi connectivity index (χ4n) is 2.37. The van der Waals surface area contributed by atoms with E-state index in [1.165, 1.54) is 6.42 Å². The van der Waals surface area contributed by atoms with Crippen LogP contribution in [0.5, 0.6) is 0 Å². The van der Waals surface area contributed by atoms with Crippen LogP contribution in [0.2, 0.25) is 0 Å². The summed E-state index contributed by atoms with van der Waals surface area (Å²) in [6, 6.07) is 0. The van der Waals surface area contributed by atoms with Gasteiger partial charge in [0.2, 0.25) is 0 Å². The third-order valence-electron chi connectivity index (χ3n) is 3.05. The molecule has 80 valence electrons. The number of fused-ring (bicyclic) bond motifs is 1. The first-order chi connectivity index (χ1) is 6.81. The van der Waals surface area contributed by atoms with Crippen molar-refractivity contribution in [1.82, 2.24) is 0 Å². The Labute approximate surface area is 89.6 Å². The van der Waals surface area contributed by atoms with Gasteiger partial charge in [-0.2, -0.15) is 12.6 Å². The molecule has 0 amide bonds. The minimum Gasteiger partial charge on any atom is -0.459 e. The van der Waals surface area contributed by atoms with Crippen molar-refractivity contribution in [3.05, 3.63) is 0 Å². The number of rotatable bonds is 3. The van der Waals surface area contributed by atoms with Crippen molar-refractivity contribution in [3.63, 3.8) is 0 Å². The summed E-state index contributed by atoms with van der Waals surface area (Å²) >= 11 is 4.00. The zero-order chi connectivity index (χ0) is 9.97. The average molecular weight is 216 g/mol. The number of esters is 1. The minimum atomic E-state index is -0.138. The van der Waals surface area contributed by atoms with Gasteiger partial charge in [-0.15, -0.1) is 0 Å².